The summed E-state index contributed by atoms with van der Waals surface area (Å²) in [6.45, 7) is 0.707. The van der Waals surface area contributed by atoms with Crippen LogP contribution in [0.1, 0.15) is 35.1 Å². The minimum Gasteiger partial charge on any atom is -0.361 e. The lowest BCUT2D eigenvalue weighted by Gasteiger charge is -2.24. The number of rotatable bonds is 3. The first-order chi connectivity index (χ1) is 12.1. The standard InChI is InChI=1S/C18H20N6O/c1-23(2)16-11-19-10-14(20-16)15-8-5-9-24(15)18(25)17-12-6-3-4-7-13(12)21-22-17/h3-4,6-7,10-11,15H,5,8-9H2,1-2H3,(H,21,22)/t15-/m1/s1. The number of anilines is 1. The number of aromatic nitrogens is 4. The smallest absolute Gasteiger partial charge is 0.275 e. The fourth-order valence-electron chi connectivity index (χ4n) is 3.33. The maximum absolute atomic E-state index is 13.1. The van der Waals surface area contributed by atoms with Gasteiger partial charge in [-0.1, -0.05) is 18.2 Å². The summed E-state index contributed by atoms with van der Waals surface area (Å²) in [5.41, 5.74) is 2.17. The molecule has 128 valence electrons. The van der Waals surface area contributed by atoms with Crippen LogP contribution in [0.5, 0.6) is 0 Å². The van der Waals surface area contributed by atoms with Gasteiger partial charge in [-0.25, -0.2) is 4.98 Å². The van der Waals surface area contributed by atoms with Crippen molar-refractivity contribution in [2.75, 3.05) is 25.5 Å². The first-order valence-corrected chi connectivity index (χ1v) is 8.38. The zero-order valence-electron chi connectivity index (χ0n) is 14.3. The summed E-state index contributed by atoms with van der Waals surface area (Å²) in [6, 6.07) is 7.63. The molecule has 4 rings (SSSR count). The van der Waals surface area contributed by atoms with Gasteiger partial charge in [-0.05, 0) is 18.9 Å². The Kier molecular flexibility index (Phi) is 3.83. The minimum absolute atomic E-state index is 0.0583. The van der Waals surface area contributed by atoms with Crippen molar-refractivity contribution in [1.82, 2.24) is 25.1 Å². The number of carbonyl (C=O) groups excluding carboxylic acids is 1. The maximum atomic E-state index is 13.1. The fraction of sp³-hybridized carbons (Fsp3) is 0.333. The summed E-state index contributed by atoms with van der Waals surface area (Å²) in [6.07, 6.45) is 5.32. The Hall–Kier alpha value is -2.96. The molecule has 1 aliphatic rings. The van der Waals surface area contributed by atoms with E-state index in [1.807, 2.05) is 48.2 Å². The molecular formula is C18H20N6O. The van der Waals surface area contributed by atoms with Crippen molar-refractivity contribution in [2.45, 2.75) is 18.9 Å². The molecule has 0 saturated carbocycles. The van der Waals surface area contributed by atoms with Crippen LogP contribution in [0.25, 0.3) is 10.9 Å². The highest BCUT2D eigenvalue weighted by Gasteiger charge is 2.33. The first kappa shape index (κ1) is 15.6. The maximum Gasteiger partial charge on any atom is 0.275 e. The van der Waals surface area contributed by atoms with Gasteiger partial charge in [0.1, 0.15) is 5.82 Å². The van der Waals surface area contributed by atoms with Crippen LogP contribution in [0.15, 0.2) is 36.7 Å². The predicted molar refractivity (Wildman–Crippen MR) is 95.5 cm³/mol. The molecule has 0 aliphatic carbocycles. The molecule has 1 N–H and O–H groups in total. The number of H-pyrrole nitrogens is 1. The summed E-state index contributed by atoms with van der Waals surface area (Å²) in [4.78, 5) is 25.9. The van der Waals surface area contributed by atoms with Crippen molar-refractivity contribution in [2.24, 2.45) is 0 Å². The Balaban J connectivity index is 1.67. The lowest BCUT2D eigenvalue weighted by atomic mass is 10.1. The largest absolute Gasteiger partial charge is 0.361 e. The second-order valence-corrected chi connectivity index (χ2v) is 6.47. The summed E-state index contributed by atoms with van der Waals surface area (Å²) in [5, 5.41) is 8.05. The molecule has 7 nitrogen and oxygen atoms in total. The molecule has 0 bridgehead atoms. The summed E-state index contributed by atoms with van der Waals surface area (Å²) >= 11 is 0. The predicted octanol–water partition coefficient (Wildman–Crippen LogP) is 2.40. The molecule has 2 aromatic heterocycles. The van der Waals surface area contributed by atoms with Crippen LogP contribution in [0.4, 0.5) is 5.82 Å². The van der Waals surface area contributed by atoms with E-state index in [-0.39, 0.29) is 11.9 Å². The van der Waals surface area contributed by atoms with E-state index in [1.165, 1.54) is 0 Å². The van der Waals surface area contributed by atoms with E-state index in [0.717, 1.165) is 35.3 Å². The van der Waals surface area contributed by atoms with Crippen LogP contribution < -0.4 is 4.90 Å². The second kappa shape index (κ2) is 6.16. The SMILES string of the molecule is CN(C)c1cncc([C@H]2CCCN2C(=O)c2n[nH]c3ccccc23)n1. The second-order valence-electron chi connectivity index (χ2n) is 6.47. The molecule has 3 aromatic rings. The van der Waals surface area contributed by atoms with Gasteiger partial charge in [0.15, 0.2) is 5.69 Å². The van der Waals surface area contributed by atoms with Gasteiger partial charge in [0.05, 0.1) is 29.6 Å². The van der Waals surface area contributed by atoms with E-state index >= 15 is 0 Å². The molecule has 7 heteroatoms. The highest BCUT2D eigenvalue weighted by Crippen LogP contribution is 2.33. The van der Waals surface area contributed by atoms with Gasteiger partial charge in [0.25, 0.3) is 5.91 Å². The summed E-state index contributed by atoms with van der Waals surface area (Å²) in [7, 11) is 3.86. The lowest BCUT2D eigenvalue weighted by molar-refractivity contribution is 0.0728. The molecule has 1 amide bonds. The number of hydrogen-bond donors (Lipinski definition) is 1. The Bertz CT molecular complexity index is 919. The van der Waals surface area contributed by atoms with Gasteiger partial charge in [-0.3, -0.25) is 14.9 Å². The third kappa shape index (κ3) is 2.71. The molecule has 0 spiro atoms. The molecular weight excluding hydrogens is 316 g/mol. The van der Waals surface area contributed by atoms with Crippen LogP contribution in [0, 0.1) is 0 Å². The van der Waals surface area contributed by atoms with E-state index in [2.05, 4.69) is 20.2 Å². The van der Waals surface area contributed by atoms with E-state index in [1.54, 1.807) is 12.4 Å². The highest BCUT2D eigenvalue weighted by atomic mass is 16.2. The highest BCUT2D eigenvalue weighted by molar-refractivity contribution is 6.04. The number of hydrogen-bond acceptors (Lipinski definition) is 5. The molecule has 0 unspecified atom stereocenters. The third-order valence-corrected chi connectivity index (χ3v) is 4.63. The number of para-hydroxylation sites is 1. The van der Waals surface area contributed by atoms with Gasteiger partial charge in [-0.2, -0.15) is 5.10 Å². The van der Waals surface area contributed by atoms with Crippen molar-refractivity contribution in [1.29, 1.82) is 0 Å². The molecule has 1 aliphatic heterocycles. The van der Waals surface area contributed by atoms with Gasteiger partial charge in [-0.15, -0.1) is 0 Å². The Morgan fingerprint density at radius 2 is 2.12 bits per heavy atom. The van der Waals surface area contributed by atoms with Crippen molar-refractivity contribution < 1.29 is 4.79 Å². The Labute approximate surface area is 145 Å². The summed E-state index contributed by atoms with van der Waals surface area (Å²) < 4.78 is 0. The number of fused-ring (bicyclic) bond motifs is 1. The molecule has 1 atom stereocenters. The molecule has 25 heavy (non-hydrogen) atoms. The molecule has 1 aromatic carbocycles. The van der Waals surface area contributed by atoms with Gasteiger partial charge < -0.3 is 9.80 Å². The topological polar surface area (TPSA) is 78.0 Å². The molecule has 0 radical (unpaired) electrons. The van der Waals surface area contributed by atoms with Crippen LogP contribution in [0.3, 0.4) is 0 Å². The van der Waals surface area contributed by atoms with Crippen molar-refractivity contribution in [3.05, 3.63) is 48.0 Å². The van der Waals surface area contributed by atoms with Gasteiger partial charge in [0.2, 0.25) is 0 Å². The third-order valence-electron chi connectivity index (χ3n) is 4.63. The van der Waals surface area contributed by atoms with Crippen LogP contribution in [-0.2, 0) is 0 Å². The van der Waals surface area contributed by atoms with Gasteiger partial charge in [0, 0.05) is 26.0 Å². The van der Waals surface area contributed by atoms with E-state index in [4.69, 9.17) is 0 Å². The van der Waals surface area contributed by atoms with Crippen LogP contribution >= 0.6 is 0 Å². The minimum atomic E-state index is -0.0598. The first-order valence-electron chi connectivity index (χ1n) is 8.38. The van der Waals surface area contributed by atoms with Gasteiger partial charge >= 0.3 is 0 Å². The number of likely N-dealkylation sites (tertiary alicyclic amines) is 1. The molecule has 1 saturated heterocycles. The zero-order valence-corrected chi connectivity index (χ0v) is 14.3. The van der Waals surface area contributed by atoms with Crippen molar-refractivity contribution >= 4 is 22.6 Å². The zero-order chi connectivity index (χ0) is 17.4. The Morgan fingerprint density at radius 3 is 2.96 bits per heavy atom. The monoisotopic (exact) mass is 336 g/mol. The average Bonchev–Trinajstić information content (AvgIpc) is 3.28. The summed E-state index contributed by atoms with van der Waals surface area (Å²) in [5.74, 6) is 0.735. The van der Waals surface area contributed by atoms with E-state index in [9.17, 15) is 4.79 Å². The normalized spacial score (nSPS) is 17.2. The van der Waals surface area contributed by atoms with Crippen molar-refractivity contribution in [3.63, 3.8) is 0 Å². The molecule has 3 heterocycles. The number of nitrogens with zero attached hydrogens (tertiary/aromatic N) is 5. The van der Waals surface area contributed by atoms with Crippen LogP contribution in [-0.4, -0.2) is 51.6 Å². The lowest BCUT2D eigenvalue weighted by Crippen LogP contribution is -2.31. The quantitative estimate of drug-likeness (QED) is 0.794. The number of amides is 1. The number of benzene rings is 1. The van der Waals surface area contributed by atoms with E-state index in [0.29, 0.717) is 12.2 Å². The number of aromatic amines is 1. The number of nitrogens with one attached hydrogen (secondary N) is 1. The molecule has 1 fully saturated rings. The van der Waals surface area contributed by atoms with Crippen LogP contribution in [0.2, 0.25) is 0 Å². The fourth-order valence-corrected chi connectivity index (χ4v) is 3.33. The van der Waals surface area contributed by atoms with E-state index < -0.39 is 0 Å². The Morgan fingerprint density at radius 1 is 1.28 bits per heavy atom. The number of carbonyl (C=O) groups is 1. The van der Waals surface area contributed by atoms with Crippen molar-refractivity contribution in [3.8, 4) is 0 Å². The average molecular weight is 336 g/mol.